The first-order chi connectivity index (χ1) is 11.6. The summed E-state index contributed by atoms with van der Waals surface area (Å²) in [5.74, 6) is 0.246. The van der Waals surface area contributed by atoms with E-state index in [1.807, 2.05) is 19.9 Å². The molecule has 7 heteroatoms. The van der Waals surface area contributed by atoms with Crippen molar-refractivity contribution in [3.63, 3.8) is 0 Å². The van der Waals surface area contributed by atoms with E-state index in [4.69, 9.17) is 5.73 Å². The molecule has 25 heavy (non-hydrogen) atoms. The molecule has 0 saturated heterocycles. The molecule has 1 aromatic rings. The summed E-state index contributed by atoms with van der Waals surface area (Å²) < 4.78 is 27.1. The Labute approximate surface area is 151 Å². The van der Waals surface area contributed by atoms with Crippen LogP contribution in [0.1, 0.15) is 39.2 Å². The number of amides is 1. The Morgan fingerprint density at radius 3 is 2.64 bits per heavy atom. The van der Waals surface area contributed by atoms with Gasteiger partial charge in [-0.15, -0.1) is 0 Å². The average Bonchev–Trinajstić information content (AvgIpc) is 2.57. The van der Waals surface area contributed by atoms with Crippen LogP contribution in [0.5, 0.6) is 0 Å². The fraction of sp³-hybridized carbons (Fsp3) is 0.611. The van der Waals surface area contributed by atoms with Gasteiger partial charge >= 0.3 is 0 Å². The van der Waals surface area contributed by atoms with Crippen molar-refractivity contribution in [3.05, 3.63) is 23.8 Å². The third-order valence-corrected chi connectivity index (χ3v) is 6.75. The first kappa shape index (κ1) is 19.9. The van der Waals surface area contributed by atoms with Crippen LogP contribution in [0.4, 0.5) is 5.69 Å². The minimum absolute atomic E-state index is 0.0330. The summed E-state index contributed by atoms with van der Waals surface area (Å²) in [6.45, 7) is 6.56. The highest BCUT2D eigenvalue weighted by Crippen LogP contribution is 2.30. The fourth-order valence-corrected chi connectivity index (χ4v) is 4.21. The maximum atomic E-state index is 12.9. The molecule has 1 amide bonds. The molecule has 0 spiro atoms. The Hall–Kier alpha value is -1.44. The number of sulfonamides is 1. The minimum Gasteiger partial charge on any atom is -0.327 e. The summed E-state index contributed by atoms with van der Waals surface area (Å²) in [4.78, 5) is 13.7. The number of nitrogens with zero attached hydrogens (tertiary/aromatic N) is 2. The van der Waals surface area contributed by atoms with E-state index in [1.165, 1.54) is 11.2 Å². The molecule has 0 radical (unpaired) electrons. The molecule has 6 nitrogen and oxygen atoms in total. The van der Waals surface area contributed by atoms with Gasteiger partial charge in [0.1, 0.15) is 0 Å². The van der Waals surface area contributed by atoms with Gasteiger partial charge in [0.25, 0.3) is 0 Å². The van der Waals surface area contributed by atoms with Crippen LogP contribution in [0.15, 0.2) is 23.1 Å². The molecular weight excluding hydrogens is 338 g/mol. The Balaban J connectivity index is 2.25. The van der Waals surface area contributed by atoms with Crippen LogP contribution in [0, 0.1) is 5.92 Å². The van der Waals surface area contributed by atoms with Crippen molar-refractivity contribution in [3.8, 4) is 0 Å². The summed E-state index contributed by atoms with van der Waals surface area (Å²) in [5, 5.41) is 0. The molecule has 140 valence electrons. The number of benzene rings is 1. The topological polar surface area (TPSA) is 83.7 Å². The first-order valence-corrected chi connectivity index (χ1v) is 10.2. The van der Waals surface area contributed by atoms with Crippen LogP contribution in [0.2, 0.25) is 0 Å². The highest BCUT2D eigenvalue weighted by atomic mass is 32.2. The monoisotopic (exact) mass is 367 g/mol. The van der Waals surface area contributed by atoms with Crippen molar-refractivity contribution in [1.29, 1.82) is 0 Å². The number of anilines is 1. The van der Waals surface area contributed by atoms with E-state index in [0.717, 1.165) is 18.4 Å². The van der Waals surface area contributed by atoms with Gasteiger partial charge in [-0.05, 0) is 42.9 Å². The zero-order valence-corrected chi connectivity index (χ0v) is 16.3. The summed E-state index contributed by atoms with van der Waals surface area (Å²) in [6, 6.07) is 5.06. The van der Waals surface area contributed by atoms with Gasteiger partial charge in [-0.25, -0.2) is 12.7 Å². The maximum absolute atomic E-state index is 12.9. The molecule has 2 N–H and O–H groups in total. The second-order valence-corrected chi connectivity index (χ2v) is 9.13. The van der Waals surface area contributed by atoms with E-state index in [0.29, 0.717) is 31.1 Å². The first-order valence-electron chi connectivity index (χ1n) is 8.77. The highest BCUT2D eigenvalue weighted by molar-refractivity contribution is 7.89. The van der Waals surface area contributed by atoms with E-state index in [2.05, 4.69) is 0 Å². The number of rotatable bonds is 6. The maximum Gasteiger partial charge on any atom is 0.242 e. The predicted molar refractivity (Wildman–Crippen MR) is 100 cm³/mol. The molecular formula is C18H29N3O3S. The fourth-order valence-electron chi connectivity index (χ4n) is 3.01. The minimum atomic E-state index is -3.60. The zero-order valence-electron chi connectivity index (χ0n) is 15.5. The van der Waals surface area contributed by atoms with Gasteiger partial charge in [-0.2, -0.15) is 0 Å². The standard InChI is InChI=1S/C18H29N3O3S/c1-13(2)17(19)9-11-20(4)25(23,24)16-8-7-15-6-5-10-21(14(3)22)18(15)12-16/h7-8,12-13,17H,5-6,9-11,19H2,1-4H3. The second-order valence-electron chi connectivity index (χ2n) is 7.09. The van der Waals surface area contributed by atoms with Gasteiger partial charge in [0.05, 0.1) is 4.90 Å². The molecule has 0 saturated carbocycles. The van der Waals surface area contributed by atoms with Crippen molar-refractivity contribution < 1.29 is 13.2 Å². The largest absolute Gasteiger partial charge is 0.327 e. The number of nitrogens with two attached hydrogens (primary N) is 1. The SMILES string of the molecule is CC(=O)N1CCCc2ccc(S(=O)(=O)N(C)CCC(N)C(C)C)cc21. The van der Waals surface area contributed by atoms with Crippen LogP contribution < -0.4 is 10.6 Å². The Morgan fingerprint density at radius 2 is 2.04 bits per heavy atom. The Kier molecular flexibility index (Phi) is 6.24. The van der Waals surface area contributed by atoms with Crippen LogP contribution >= 0.6 is 0 Å². The zero-order chi connectivity index (χ0) is 18.8. The molecule has 2 rings (SSSR count). The normalized spacial score (nSPS) is 16.2. The van der Waals surface area contributed by atoms with E-state index in [1.54, 1.807) is 24.1 Å². The summed E-state index contributed by atoms with van der Waals surface area (Å²) in [6.07, 6.45) is 2.36. The Bertz CT molecular complexity index is 731. The predicted octanol–water partition coefficient (Wildman–Crippen LogP) is 1.98. The number of fused-ring (bicyclic) bond motifs is 1. The van der Waals surface area contributed by atoms with Gasteiger partial charge in [0.2, 0.25) is 15.9 Å². The van der Waals surface area contributed by atoms with Crippen molar-refractivity contribution >= 4 is 21.6 Å². The lowest BCUT2D eigenvalue weighted by atomic mass is 10.0. The van der Waals surface area contributed by atoms with Crippen LogP contribution in [0.3, 0.4) is 0 Å². The number of aryl methyl sites for hydroxylation is 1. The number of carbonyl (C=O) groups excluding carboxylic acids is 1. The smallest absolute Gasteiger partial charge is 0.242 e. The van der Waals surface area contributed by atoms with Gasteiger partial charge in [-0.3, -0.25) is 4.79 Å². The van der Waals surface area contributed by atoms with Crippen molar-refractivity contribution in [2.45, 2.75) is 51.0 Å². The molecule has 0 aliphatic carbocycles. The van der Waals surface area contributed by atoms with Crippen LogP contribution in [-0.2, 0) is 21.2 Å². The van der Waals surface area contributed by atoms with Gasteiger partial charge in [-0.1, -0.05) is 19.9 Å². The molecule has 1 atom stereocenters. The molecule has 1 aromatic carbocycles. The lowest BCUT2D eigenvalue weighted by Gasteiger charge is -2.29. The van der Waals surface area contributed by atoms with Crippen molar-refractivity contribution in [2.24, 2.45) is 11.7 Å². The second kappa shape index (κ2) is 7.85. The van der Waals surface area contributed by atoms with Gasteiger partial charge in [0, 0.05) is 38.8 Å². The van der Waals surface area contributed by atoms with E-state index in [-0.39, 0.29) is 16.8 Å². The lowest BCUT2D eigenvalue weighted by Crippen LogP contribution is -2.35. The summed E-state index contributed by atoms with van der Waals surface area (Å²) in [5.41, 5.74) is 7.76. The Morgan fingerprint density at radius 1 is 1.36 bits per heavy atom. The number of hydrogen-bond acceptors (Lipinski definition) is 4. The molecule has 0 bridgehead atoms. The van der Waals surface area contributed by atoms with E-state index >= 15 is 0 Å². The third kappa shape index (κ3) is 4.40. The molecule has 1 aliphatic heterocycles. The summed E-state index contributed by atoms with van der Waals surface area (Å²) in [7, 11) is -2.03. The van der Waals surface area contributed by atoms with Crippen LogP contribution in [-0.4, -0.2) is 44.8 Å². The molecule has 1 unspecified atom stereocenters. The highest BCUT2D eigenvalue weighted by Gasteiger charge is 2.26. The van der Waals surface area contributed by atoms with Crippen LogP contribution in [0.25, 0.3) is 0 Å². The lowest BCUT2D eigenvalue weighted by molar-refractivity contribution is -0.116. The average molecular weight is 368 g/mol. The van der Waals surface area contributed by atoms with Crippen molar-refractivity contribution in [2.75, 3.05) is 25.0 Å². The summed E-state index contributed by atoms with van der Waals surface area (Å²) >= 11 is 0. The molecule has 0 fully saturated rings. The molecule has 1 aliphatic rings. The third-order valence-electron chi connectivity index (χ3n) is 4.90. The van der Waals surface area contributed by atoms with Gasteiger partial charge in [0.15, 0.2) is 0 Å². The van der Waals surface area contributed by atoms with E-state index < -0.39 is 10.0 Å². The number of carbonyl (C=O) groups is 1. The number of hydrogen-bond donors (Lipinski definition) is 1. The van der Waals surface area contributed by atoms with Crippen molar-refractivity contribution in [1.82, 2.24) is 4.31 Å². The molecule has 1 heterocycles. The molecule has 0 aromatic heterocycles. The quantitative estimate of drug-likeness (QED) is 0.833. The van der Waals surface area contributed by atoms with Gasteiger partial charge < -0.3 is 10.6 Å². The van der Waals surface area contributed by atoms with E-state index in [9.17, 15) is 13.2 Å².